The minimum atomic E-state index is -0.634. The Bertz CT molecular complexity index is 692. The second kappa shape index (κ2) is 4.82. The molecule has 3 rings (SSSR count). The van der Waals surface area contributed by atoms with Crippen molar-refractivity contribution in [1.29, 1.82) is 10.5 Å². The molecule has 1 aromatic rings. The van der Waals surface area contributed by atoms with Gasteiger partial charge in [-0.1, -0.05) is 47.8 Å². The molecule has 0 fully saturated rings. The fraction of sp³-hybridized carbons (Fsp3) is 0.143. The molecule has 0 amide bonds. The molecule has 0 aromatic heterocycles. The first-order valence-electron chi connectivity index (χ1n) is 5.72. The van der Waals surface area contributed by atoms with Crippen LogP contribution in [-0.2, 0) is 0 Å². The molecule has 1 aliphatic carbocycles. The van der Waals surface area contributed by atoms with Gasteiger partial charge in [-0.25, -0.2) is 0 Å². The van der Waals surface area contributed by atoms with E-state index in [1.54, 1.807) is 24.3 Å². The molecule has 2 atom stereocenters. The number of benzene rings is 1. The number of carbonyl (C=O) groups excluding carboxylic acids is 2. The van der Waals surface area contributed by atoms with Gasteiger partial charge in [0.25, 0.3) is 0 Å². The molecule has 2 aliphatic rings. The normalized spacial score (nSPS) is 24.5. The maximum absolute atomic E-state index is 12.4. The second-order valence-electron chi connectivity index (χ2n) is 4.20. The van der Waals surface area contributed by atoms with E-state index in [0.717, 1.165) is 23.5 Å². The minimum absolute atomic E-state index is 0.232. The summed E-state index contributed by atoms with van der Waals surface area (Å²) >= 11 is 2.06. The van der Waals surface area contributed by atoms with E-state index in [9.17, 15) is 9.59 Å². The lowest BCUT2D eigenvalue weighted by molar-refractivity contribution is 0.0988. The Kier molecular flexibility index (Phi) is 3.13. The predicted octanol–water partition coefficient (Wildman–Crippen LogP) is 2.54. The first-order valence-corrected chi connectivity index (χ1v) is 7.48. The minimum Gasteiger partial charge on any atom is -0.288 e. The van der Waals surface area contributed by atoms with Crippen LogP contribution in [0.5, 0.6) is 0 Å². The summed E-state index contributed by atoms with van der Waals surface area (Å²) in [6.45, 7) is 0. The Labute approximate surface area is 123 Å². The largest absolute Gasteiger partial charge is 0.288 e. The van der Waals surface area contributed by atoms with Gasteiger partial charge in [-0.3, -0.25) is 9.59 Å². The number of nitrogens with zero attached hydrogens (tertiary/aromatic N) is 2. The third-order valence-electron chi connectivity index (χ3n) is 3.05. The van der Waals surface area contributed by atoms with Gasteiger partial charge in [0.1, 0.15) is 10.5 Å². The van der Waals surface area contributed by atoms with E-state index in [0.29, 0.717) is 20.9 Å². The molecule has 4 nitrogen and oxygen atoms in total. The molecule has 0 saturated carbocycles. The number of nitriles is 2. The molecule has 6 heteroatoms. The van der Waals surface area contributed by atoms with Crippen molar-refractivity contribution >= 4 is 35.1 Å². The molecule has 0 bridgehead atoms. The van der Waals surface area contributed by atoms with Gasteiger partial charge in [-0.2, -0.15) is 10.5 Å². The molecule has 1 aliphatic heterocycles. The lowest BCUT2D eigenvalue weighted by atomic mass is 9.94. The summed E-state index contributed by atoms with van der Waals surface area (Å²) in [6, 6.07) is 10.7. The van der Waals surface area contributed by atoms with Crippen LogP contribution >= 0.6 is 23.5 Å². The number of allylic oxidation sites excluding steroid dienone is 2. The van der Waals surface area contributed by atoms with Gasteiger partial charge in [0.15, 0.2) is 0 Å². The third kappa shape index (κ3) is 1.77. The monoisotopic (exact) mass is 298 g/mol. The van der Waals surface area contributed by atoms with Crippen LogP contribution in [0.4, 0.5) is 0 Å². The van der Waals surface area contributed by atoms with E-state index in [2.05, 4.69) is 0 Å². The number of rotatable bonds is 0. The van der Waals surface area contributed by atoms with Crippen LogP contribution in [0.3, 0.4) is 0 Å². The van der Waals surface area contributed by atoms with Crippen LogP contribution in [0.1, 0.15) is 20.7 Å². The molecule has 96 valence electrons. The van der Waals surface area contributed by atoms with Gasteiger partial charge in [-0.15, -0.1) is 0 Å². The van der Waals surface area contributed by atoms with Crippen molar-refractivity contribution in [3.63, 3.8) is 0 Å². The van der Waals surface area contributed by atoms with Crippen LogP contribution < -0.4 is 0 Å². The van der Waals surface area contributed by atoms with Crippen LogP contribution in [0.2, 0.25) is 0 Å². The van der Waals surface area contributed by atoms with Gasteiger partial charge < -0.3 is 0 Å². The summed E-state index contributed by atoms with van der Waals surface area (Å²) in [4.78, 5) is 25.4. The van der Waals surface area contributed by atoms with Crippen molar-refractivity contribution in [2.24, 2.45) is 0 Å². The highest BCUT2D eigenvalue weighted by Gasteiger charge is 2.41. The first-order chi connectivity index (χ1) is 9.67. The van der Waals surface area contributed by atoms with E-state index in [1.165, 1.54) is 0 Å². The lowest BCUT2D eigenvalue weighted by Crippen LogP contribution is -2.29. The van der Waals surface area contributed by atoms with Gasteiger partial charge in [0, 0.05) is 11.1 Å². The maximum Gasteiger partial charge on any atom is 0.201 e. The van der Waals surface area contributed by atoms with Crippen molar-refractivity contribution in [2.45, 2.75) is 10.5 Å². The van der Waals surface area contributed by atoms with Crippen LogP contribution in [-0.4, -0.2) is 22.1 Å². The number of thioether (sulfide) groups is 2. The van der Waals surface area contributed by atoms with Gasteiger partial charge >= 0.3 is 0 Å². The fourth-order valence-electron chi connectivity index (χ4n) is 2.11. The van der Waals surface area contributed by atoms with Crippen LogP contribution in [0, 0.1) is 22.7 Å². The molecule has 20 heavy (non-hydrogen) atoms. The standard InChI is InChI=1S/C14H6N2O2S2/c15-5-9-10(6-16)20-14-12(18)8-4-2-1-3-7(8)11(17)13(14)19-9/h1-4,9-10H. The molecule has 1 aromatic carbocycles. The summed E-state index contributed by atoms with van der Waals surface area (Å²) in [5.74, 6) is -0.464. The summed E-state index contributed by atoms with van der Waals surface area (Å²) in [6.07, 6.45) is 0. The molecule has 1 heterocycles. The molecular weight excluding hydrogens is 292 g/mol. The molecule has 0 radical (unpaired) electrons. The summed E-state index contributed by atoms with van der Waals surface area (Å²) in [5.41, 5.74) is 0.743. The summed E-state index contributed by atoms with van der Waals surface area (Å²) < 4.78 is 0. The van der Waals surface area contributed by atoms with Gasteiger partial charge in [-0.05, 0) is 0 Å². The van der Waals surface area contributed by atoms with Gasteiger partial charge in [0.2, 0.25) is 11.6 Å². The van der Waals surface area contributed by atoms with E-state index in [1.807, 2.05) is 12.1 Å². The zero-order valence-corrected chi connectivity index (χ0v) is 11.6. The molecule has 0 spiro atoms. The number of carbonyl (C=O) groups is 2. The average molecular weight is 298 g/mol. The van der Waals surface area contributed by atoms with Crippen LogP contribution in [0.25, 0.3) is 0 Å². The number of Topliss-reactive ketones (excluding diaryl/α,β-unsaturated/α-hetero) is 2. The number of fused-ring (bicyclic) bond motifs is 1. The third-order valence-corrected chi connectivity index (χ3v) is 5.87. The first kappa shape index (κ1) is 13.0. The maximum atomic E-state index is 12.4. The quantitative estimate of drug-likeness (QED) is 0.732. The van der Waals surface area contributed by atoms with Crippen LogP contribution in [0.15, 0.2) is 34.1 Å². The highest BCUT2D eigenvalue weighted by Crippen LogP contribution is 2.47. The summed E-state index contributed by atoms with van der Waals surface area (Å²) in [5, 5.41) is 16.9. The zero-order valence-electron chi connectivity index (χ0n) is 9.99. The fourth-order valence-corrected chi connectivity index (χ4v) is 4.55. The molecular formula is C14H6N2O2S2. The SMILES string of the molecule is N#CC1SC2=C(SC1C#N)C(=O)c1ccccc1C2=O. The van der Waals surface area contributed by atoms with Crippen molar-refractivity contribution < 1.29 is 9.59 Å². The molecule has 0 saturated heterocycles. The van der Waals surface area contributed by atoms with Gasteiger partial charge in [0.05, 0.1) is 21.9 Å². The molecule has 2 unspecified atom stereocenters. The Morgan fingerprint density at radius 1 is 0.850 bits per heavy atom. The second-order valence-corrected chi connectivity index (χ2v) is 6.50. The van der Waals surface area contributed by atoms with Crippen molar-refractivity contribution in [3.8, 4) is 12.1 Å². The number of hydrogen-bond donors (Lipinski definition) is 0. The van der Waals surface area contributed by atoms with E-state index in [-0.39, 0.29) is 11.6 Å². The smallest absolute Gasteiger partial charge is 0.201 e. The van der Waals surface area contributed by atoms with E-state index >= 15 is 0 Å². The number of ketones is 2. The predicted molar refractivity (Wildman–Crippen MR) is 76.1 cm³/mol. The Morgan fingerprint density at radius 3 is 1.60 bits per heavy atom. The number of hydrogen-bond acceptors (Lipinski definition) is 6. The highest BCUT2D eigenvalue weighted by molar-refractivity contribution is 8.12. The van der Waals surface area contributed by atoms with Crippen molar-refractivity contribution in [2.75, 3.05) is 0 Å². The summed E-state index contributed by atoms with van der Waals surface area (Å²) in [7, 11) is 0. The van der Waals surface area contributed by atoms with Crippen molar-refractivity contribution in [3.05, 3.63) is 45.2 Å². The van der Waals surface area contributed by atoms with E-state index in [4.69, 9.17) is 10.5 Å². The lowest BCUT2D eigenvalue weighted by Gasteiger charge is -2.28. The van der Waals surface area contributed by atoms with E-state index < -0.39 is 10.5 Å². The molecule has 0 N–H and O–H groups in total. The average Bonchev–Trinajstić information content (AvgIpc) is 2.51. The zero-order chi connectivity index (χ0) is 14.3. The topological polar surface area (TPSA) is 81.7 Å². The highest BCUT2D eigenvalue weighted by atomic mass is 32.2. The van der Waals surface area contributed by atoms with Crippen molar-refractivity contribution in [1.82, 2.24) is 0 Å². The Balaban J connectivity index is 2.14. The Hall–Kier alpha value is -2.02. The Morgan fingerprint density at radius 2 is 1.25 bits per heavy atom.